The standard InChI is InChI=1S/C27H32F4N2O6S.C22H23F4NO5S.ClH/c1-2-33-16-14-26(15-17-33,25(34)32-39-23-5-3-4-18-37-23)40(35,36)22-12-8-20(9-13-22)19-6-10-21(11-7-19)38-27(30,31)24(28)29;1-2-27-13-11-21(12-14-27,20(28)29)33(30,31)18-9-5-16(6-10-18)15-3-7-17(8-4-15)32-22(25,26)19(23)24;/h6-13,23-24H,2-5,14-18H2,1H3,(H,32,34);3-10,19H,2,11-14H2,1H3,(H,28,29);1H. The largest absolute Gasteiger partial charge is 0.480 e. The zero-order valence-corrected chi connectivity index (χ0v) is 42.5. The van der Waals surface area contributed by atoms with E-state index >= 15 is 0 Å². The van der Waals surface area contributed by atoms with E-state index in [1.54, 1.807) is 0 Å². The van der Waals surface area contributed by atoms with Crippen LogP contribution in [0.3, 0.4) is 0 Å². The van der Waals surface area contributed by atoms with Crippen molar-refractivity contribution in [3.8, 4) is 33.8 Å². The maximum absolute atomic E-state index is 14.0. The second-order valence-electron chi connectivity index (χ2n) is 17.5. The number of carboxylic acid groups (broad SMARTS) is 1. The zero-order valence-electron chi connectivity index (χ0n) is 40.0. The first-order chi connectivity index (χ1) is 34.4. The van der Waals surface area contributed by atoms with Crippen molar-refractivity contribution in [2.24, 2.45) is 0 Å². The van der Waals surface area contributed by atoms with Gasteiger partial charge in [0.1, 0.15) is 11.5 Å². The molecule has 3 fully saturated rings. The van der Waals surface area contributed by atoms with Gasteiger partial charge in [0.15, 0.2) is 35.5 Å². The van der Waals surface area contributed by atoms with Crippen LogP contribution in [-0.4, -0.2) is 130 Å². The van der Waals surface area contributed by atoms with E-state index in [1.165, 1.54) is 72.8 Å². The predicted molar refractivity (Wildman–Crippen MR) is 257 cm³/mol. The van der Waals surface area contributed by atoms with Gasteiger partial charge < -0.3 is 29.1 Å². The molecule has 0 bridgehead atoms. The molecule has 4 aromatic carbocycles. The number of likely N-dealkylation sites (tertiary alicyclic amines) is 2. The fraction of sp³-hybridized carbons (Fsp3) is 0.469. The number of carboxylic acids is 1. The average molecular weight is 1110 g/mol. The van der Waals surface area contributed by atoms with E-state index in [2.05, 4.69) is 19.9 Å². The van der Waals surface area contributed by atoms with Gasteiger partial charge in [-0.15, -0.1) is 12.4 Å². The number of carbonyl (C=O) groups is 2. The lowest BCUT2D eigenvalue weighted by molar-refractivity contribution is -0.253. The smallest absolute Gasteiger partial charge is 0.461 e. The minimum atomic E-state index is -4.62. The van der Waals surface area contributed by atoms with Crippen LogP contribution < -0.4 is 15.0 Å². The number of carbonyl (C=O) groups excluding carboxylic acids is 1. The molecule has 0 radical (unpaired) electrons. The van der Waals surface area contributed by atoms with Crippen molar-refractivity contribution in [1.82, 2.24) is 15.3 Å². The highest BCUT2D eigenvalue weighted by molar-refractivity contribution is 7.94. The number of hydrogen-bond donors (Lipinski definition) is 2. The molecule has 3 aliphatic rings. The molecular formula is C49H56ClF8N3O11S2. The molecule has 0 saturated carbocycles. The van der Waals surface area contributed by atoms with Gasteiger partial charge in [0, 0.05) is 39.2 Å². The predicted octanol–water partition coefficient (Wildman–Crippen LogP) is 9.52. The molecule has 0 aromatic heterocycles. The van der Waals surface area contributed by atoms with E-state index in [1.807, 2.05) is 18.7 Å². The second-order valence-corrected chi connectivity index (χ2v) is 22.1. The van der Waals surface area contributed by atoms with Crippen LogP contribution in [0, 0.1) is 0 Å². The Morgan fingerprint density at radius 3 is 1.31 bits per heavy atom. The molecule has 74 heavy (non-hydrogen) atoms. The van der Waals surface area contributed by atoms with Crippen molar-refractivity contribution in [3.05, 3.63) is 97.1 Å². The van der Waals surface area contributed by atoms with Crippen molar-refractivity contribution < 1.29 is 85.7 Å². The fourth-order valence-corrected chi connectivity index (χ4v) is 12.5. The molecule has 1 unspecified atom stereocenters. The molecule has 1 amide bonds. The SMILES string of the molecule is CCN1CCC(C(=O)NOC2CCCCO2)(S(=O)(=O)c2ccc(-c3ccc(OC(F)(F)C(F)F)cc3)cc2)CC1.CCN1CCC(C(=O)O)(S(=O)(=O)c2ccc(-c3ccc(OC(F)(F)C(F)F)cc3)cc2)CC1.Cl. The van der Waals surface area contributed by atoms with Crippen LogP contribution in [-0.2, 0) is 38.8 Å². The number of sulfone groups is 2. The van der Waals surface area contributed by atoms with Gasteiger partial charge in [-0.2, -0.15) is 35.1 Å². The van der Waals surface area contributed by atoms with Crippen LogP contribution in [0.2, 0.25) is 0 Å². The van der Waals surface area contributed by atoms with Gasteiger partial charge in [0.05, 0.1) is 9.79 Å². The Hall–Kier alpha value is -5.11. The summed E-state index contributed by atoms with van der Waals surface area (Å²) in [6.45, 7) is 7.37. The molecular weight excluding hydrogens is 1060 g/mol. The molecule has 3 aliphatic heterocycles. The summed E-state index contributed by atoms with van der Waals surface area (Å²) in [7, 11) is -8.36. The van der Waals surface area contributed by atoms with Crippen LogP contribution in [0.15, 0.2) is 107 Å². The first kappa shape index (κ1) is 59.8. The number of rotatable bonds is 18. The summed E-state index contributed by atoms with van der Waals surface area (Å²) in [4.78, 5) is 34.8. The van der Waals surface area contributed by atoms with E-state index in [0.717, 1.165) is 43.7 Å². The summed E-state index contributed by atoms with van der Waals surface area (Å²) in [5.41, 5.74) is 4.44. The summed E-state index contributed by atoms with van der Waals surface area (Å²) < 4.78 is 166. The Kier molecular flexibility index (Phi) is 20.0. The van der Waals surface area contributed by atoms with Crippen molar-refractivity contribution >= 4 is 44.0 Å². The number of benzene rings is 4. The van der Waals surface area contributed by atoms with E-state index < -0.39 is 83.9 Å². The van der Waals surface area contributed by atoms with Crippen LogP contribution >= 0.6 is 12.4 Å². The second kappa shape index (κ2) is 24.7. The Balaban J connectivity index is 0.000000275. The quantitative estimate of drug-likeness (QED) is 0.0712. The van der Waals surface area contributed by atoms with Gasteiger partial charge in [-0.3, -0.25) is 9.59 Å². The summed E-state index contributed by atoms with van der Waals surface area (Å²) in [6, 6.07) is 21.3. The van der Waals surface area contributed by atoms with E-state index in [-0.39, 0.29) is 47.9 Å². The minimum Gasteiger partial charge on any atom is -0.480 e. The molecule has 3 heterocycles. The third-order valence-corrected chi connectivity index (χ3v) is 18.2. The Bertz CT molecular complexity index is 2710. The van der Waals surface area contributed by atoms with Crippen LogP contribution in [0.5, 0.6) is 11.5 Å². The number of halogens is 9. The van der Waals surface area contributed by atoms with Gasteiger partial charge in [-0.25, -0.2) is 27.2 Å². The highest BCUT2D eigenvalue weighted by Gasteiger charge is 2.54. The molecule has 0 spiro atoms. The zero-order chi connectivity index (χ0) is 53.4. The Morgan fingerprint density at radius 2 is 0.986 bits per heavy atom. The maximum atomic E-state index is 14.0. The maximum Gasteiger partial charge on any atom is 0.461 e. The number of nitrogens with one attached hydrogen (secondary N) is 1. The number of nitrogens with zero attached hydrogens (tertiary/aromatic N) is 2. The summed E-state index contributed by atoms with van der Waals surface area (Å²) in [5.74, 6) is -3.01. The molecule has 1 atom stereocenters. The van der Waals surface area contributed by atoms with Gasteiger partial charge in [0.2, 0.25) is 0 Å². The Morgan fingerprint density at radius 1 is 0.635 bits per heavy atom. The van der Waals surface area contributed by atoms with Crippen molar-refractivity contribution in [2.45, 2.75) is 109 Å². The third kappa shape index (κ3) is 13.3. The lowest BCUT2D eigenvalue weighted by atomic mass is 9.95. The highest BCUT2D eigenvalue weighted by atomic mass is 35.5. The van der Waals surface area contributed by atoms with Crippen LogP contribution in [0.4, 0.5) is 35.1 Å². The van der Waals surface area contributed by atoms with Crippen LogP contribution in [0.1, 0.15) is 58.8 Å². The summed E-state index contributed by atoms with van der Waals surface area (Å²) >= 11 is 0. The number of amides is 1. The van der Waals surface area contributed by atoms with Gasteiger partial charge >= 0.3 is 31.0 Å². The lowest BCUT2D eigenvalue weighted by Gasteiger charge is -2.39. The number of alkyl halides is 8. The van der Waals surface area contributed by atoms with Gasteiger partial charge in [0.25, 0.3) is 5.91 Å². The number of piperidine rings is 2. The molecule has 25 heteroatoms. The molecule has 408 valence electrons. The molecule has 2 N–H and O–H groups in total. The van der Waals surface area contributed by atoms with E-state index in [9.17, 15) is 66.7 Å². The van der Waals surface area contributed by atoms with E-state index in [0.29, 0.717) is 68.0 Å². The van der Waals surface area contributed by atoms with Gasteiger partial charge in [-0.05, 0) is 122 Å². The topological polar surface area (TPSA) is 178 Å². The monoisotopic (exact) mass is 1110 g/mol. The van der Waals surface area contributed by atoms with Gasteiger partial charge in [-0.1, -0.05) is 62.4 Å². The van der Waals surface area contributed by atoms with Crippen molar-refractivity contribution in [2.75, 3.05) is 45.9 Å². The number of hydrogen-bond acceptors (Lipinski definition) is 12. The number of ether oxygens (including phenoxy) is 3. The molecule has 14 nitrogen and oxygen atoms in total. The lowest BCUT2D eigenvalue weighted by Crippen LogP contribution is -2.58. The molecule has 7 rings (SSSR count). The third-order valence-electron chi connectivity index (χ3n) is 13.2. The van der Waals surface area contributed by atoms with Crippen molar-refractivity contribution in [1.29, 1.82) is 0 Å². The number of aliphatic carboxylic acids is 1. The fourth-order valence-electron chi connectivity index (χ4n) is 8.63. The van der Waals surface area contributed by atoms with Crippen molar-refractivity contribution in [3.63, 3.8) is 0 Å². The highest BCUT2D eigenvalue weighted by Crippen LogP contribution is 2.39. The first-order valence-corrected chi connectivity index (χ1v) is 26.2. The average Bonchev–Trinajstić information content (AvgIpc) is 3.38. The Labute approximate surface area is 429 Å². The molecule has 3 saturated heterocycles. The van der Waals surface area contributed by atoms with Crippen LogP contribution in [0.25, 0.3) is 22.3 Å². The summed E-state index contributed by atoms with van der Waals surface area (Å²) in [6.07, 6.45) is -15.4. The molecule has 4 aromatic rings. The van der Waals surface area contributed by atoms with E-state index in [4.69, 9.17) is 9.57 Å². The molecule has 0 aliphatic carbocycles. The minimum absolute atomic E-state index is 0. The summed E-state index contributed by atoms with van der Waals surface area (Å²) in [5, 5.41) is 9.81. The number of hydroxylamine groups is 1. The first-order valence-electron chi connectivity index (χ1n) is 23.3. The normalized spacial score (nSPS) is 18.6.